The van der Waals surface area contributed by atoms with Gasteiger partial charge >= 0.3 is 0 Å². The molecule has 24 heavy (non-hydrogen) atoms. The van der Waals surface area contributed by atoms with Crippen LogP contribution in [-0.2, 0) is 16.6 Å². The number of phenols is 1. The minimum atomic E-state index is -0.953. The third-order valence-corrected chi connectivity index (χ3v) is 6.88. The number of ether oxygens (including phenoxy) is 1. The molecule has 5 heteroatoms. The van der Waals surface area contributed by atoms with Crippen molar-refractivity contribution in [2.45, 2.75) is 62.2 Å². The number of hydrogen-bond acceptors (Lipinski definition) is 5. The zero-order chi connectivity index (χ0) is 16.7. The van der Waals surface area contributed by atoms with Gasteiger partial charge in [-0.15, -0.1) is 0 Å². The summed E-state index contributed by atoms with van der Waals surface area (Å²) >= 11 is 0. The van der Waals surface area contributed by atoms with E-state index in [1.54, 1.807) is 6.07 Å². The lowest BCUT2D eigenvalue weighted by Crippen LogP contribution is -2.76. The van der Waals surface area contributed by atoms with Crippen LogP contribution < -0.4 is 4.74 Å². The highest BCUT2D eigenvalue weighted by atomic mass is 16.5. The van der Waals surface area contributed by atoms with Crippen molar-refractivity contribution in [3.05, 3.63) is 23.3 Å². The molecule has 4 atom stereocenters. The van der Waals surface area contributed by atoms with E-state index in [-0.39, 0.29) is 17.6 Å². The molecule has 2 heterocycles. The van der Waals surface area contributed by atoms with Gasteiger partial charge in [0.1, 0.15) is 0 Å². The predicted octanol–water partition coefficient (Wildman–Crippen LogP) is 1.53. The van der Waals surface area contributed by atoms with Gasteiger partial charge in [-0.3, -0.25) is 9.69 Å². The number of carbonyl (C=O) groups excluding carboxylic acids is 1. The summed E-state index contributed by atoms with van der Waals surface area (Å²) < 4.78 is 6.00. The monoisotopic (exact) mass is 329 g/mol. The van der Waals surface area contributed by atoms with Crippen molar-refractivity contribution in [2.24, 2.45) is 0 Å². The fourth-order valence-electron chi connectivity index (χ4n) is 5.97. The first kappa shape index (κ1) is 14.7. The van der Waals surface area contributed by atoms with Crippen molar-refractivity contribution in [2.75, 3.05) is 13.1 Å². The summed E-state index contributed by atoms with van der Waals surface area (Å²) in [7, 11) is 0. The van der Waals surface area contributed by atoms with E-state index in [2.05, 4.69) is 11.8 Å². The Morgan fingerprint density at radius 1 is 1.38 bits per heavy atom. The van der Waals surface area contributed by atoms with Crippen LogP contribution in [0, 0.1) is 0 Å². The number of benzene rings is 1. The van der Waals surface area contributed by atoms with Crippen molar-refractivity contribution in [3.63, 3.8) is 0 Å². The maximum absolute atomic E-state index is 12.6. The molecule has 5 rings (SSSR count). The molecule has 2 fully saturated rings. The number of rotatable bonds is 2. The maximum Gasteiger partial charge on any atom is 0.174 e. The zero-order valence-corrected chi connectivity index (χ0v) is 13.9. The quantitative estimate of drug-likeness (QED) is 0.861. The van der Waals surface area contributed by atoms with Gasteiger partial charge in [0.15, 0.2) is 23.4 Å². The molecule has 2 aliphatic heterocycles. The first-order valence-electron chi connectivity index (χ1n) is 9.04. The summed E-state index contributed by atoms with van der Waals surface area (Å²) in [6, 6.07) is 3.63. The number of ketones is 1. The summed E-state index contributed by atoms with van der Waals surface area (Å²) in [6.07, 6.45) is 2.70. The fraction of sp³-hybridized carbons (Fsp3) is 0.632. The standard InChI is InChI=1S/C19H23NO4/c1-2-8-20-9-7-18-15-11-3-4-12(21)16(15)24-17(18)13(22)5-6-19(18,23)14(20)10-11/h3-4,14,17,21,23H,2,5-10H2,1H3/t14-,17?,18+,19-/m1/s1. The lowest BCUT2D eigenvalue weighted by Gasteiger charge is -2.62. The zero-order valence-electron chi connectivity index (χ0n) is 13.9. The Kier molecular flexibility index (Phi) is 2.78. The molecule has 1 saturated heterocycles. The van der Waals surface area contributed by atoms with Crippen molar-refractivity contribution in [1.82, 2.24) is 4.90 Å². The Hall–Kier alpha value is -1.59. The Morgan fingerprint density at radius 2 is 2.21 bits per heavy atom. The van der Waals surface area contributed by atoms with Crippen LogP contribution >= 0.6 is 0 Å². The van der Waals surface area contributed by atoms with Gasteiger partial charge in [-0.05, 0) is 50.4 Å². The average molecular weight is 329 g/mol. The van der Waals surface area contributed by atoms with E-state index < -0.39 is 17.1 Å². The van der Waals surface area contributed by atoms with Gasteiger partial charge in [0, 0.05) is 18.0 Å². The minimum absolute atomic E-state index is 0.0217. The number of phenolic OH excluding ortho intramolecular Hbond substituents is 1. The molecular formula is C19H23NO4. The summed E-state index contributed by atoms with van der Waals surface area (Å²) in [5.41, 5.74) is 0.398. The van der Waals surface area contributed by atoms with Gasteiger partial charge in [-0.1, -0.05) is 13.0 Å². The fourth-order valence-corrected chi connectivity index (χ4v) is 5.97. The molecule has 128 valence electrons. The number of nitrogens with zero attached hydrogens (tertiary/aromatic N) is 1. The highest BCUT2D eigenvalue weighted by Crippen LogP contribution is 2.64. The van der Waals surface area contributed by atoms with Gasteiger partial charge < -0.3 is 14.9 Å². The van der Waals surface area contributed by atoms with E-state index in [4.69, 9.17) is 4.74 Å². The molecule has 2 bridgehead atoms. The van der Waals surface area contributed by atoms with Crippen LogP contribution in [0.5, 0.6) is 11.5 Å². The Labute approximate surface area is 141 Å². The summed E-state index contributed by atoms with van der Waals surface area (Å²) in [4.78, 5) is 15.0. The molecule has 1 aromatic rings. The third-order valence-electron chi connectivity index (χ3n) is 6.88. The number of aromatic hydroxyl groups is 1. The van der Waals surface area contributed by atoms with Crippen molar-refractivity contribution >= 4 is 5.78 Å². The van der Waals surface area contributed by atoms with Gasteiger partial charge in [-0.2, -0.15) is 0 Å². The number of Topliss-reactive ketones (excluding diaryl/α,β-unsaturated/α-hetero) is 1. The first-order valence-corrected chi connectivity index (χ1v) is 9.04. The molecule has 0 radical (unpaired) electrons. The number of aliphatic hydroxyl groups is 1. The molecule has 2 N–H and O–H groups in total. The second kappa shape index (κ2) is 4.52. The van der Waals surface area contributed by atoms with Crippen LogP contribution in [0.4, 0.5) is 0 Å². The SMILES string of the molecule is CCCN1CC[C@]23c4c5ccc(O)c4OC2C(=O)CC[C@@]3(O)[C@H]1C5. The summed E-state index contributed by atoms with van der Waals surface area (Å²) in [6.45, 7) is 3.98. The van der Waals surface area contributed by atoms with Crippen LogP contribution in [0.15, 0.2) is 12.1 Å². The molecule has 0 amide bonds. The average Bonchev–Trinajstić information content (AvgIpc) is 2.91. The van der Waals surface area contributed by atoms with Crippen LogP contribution in [0.2, 0.25) is 0 Å². The van der Waals surface area contributed by atoms with Crippen LogP contribution in [0.3, 0.4) is 0 Å². The summed E-state index contributed by atoms with van der Waals surface area (Å²) in [5, 5.41) is 22.1. The number of likely N-dealkylation sites (tertiary alicyclic amines) is 1. The molecule has 1 unspecified atom stereocenters. The highest BCUT2D eigenvalue weighted by Gasteiger charge is 2.72. The van der Waals surface area contributed by atoms with E-state index in [9.17, 15) is 15.0 Å². The Morgan fingerprint density at radius 3 is 3.00 bits per heavy atom. The molecule has 0 aromatic heterocycles. The van der Waals surface area contributed by atoms with Crippen LogP contribution in [0.1, 0.15) is 43.7 Å². The summed E-state index contributed by atoms with van der Waals surface area (Å²) in [5.74, 6) is 0.585. The smallest absolute Gasteiger partial charge is 0.174 e. The molecule has 1 aromatic carbocycles. The van der Waals surface area contributed by atoms with Crippen LogP contribution in [0.25, 0.3) is 0 Å². The second-order valence-electron chi connectivity index (χ2n) is 7.81. The van der Waals surface area contributed by atoms with E-state index in [1.165, 1.54) is 0 Å². The topological polar surface area (TPSA) is 70.0 Å². The third kappa shape index (κ3) is 1.43. The number of hydrogen-bond donors (Lipinski definition) is 2. The van der Waals surface area contributed by atoms with Crippen molar-refractivity contribution in [1.29, 1.82) is 0 Å². The van der Waals surface area contributed by atoms with Crippen LogP contribution in [-0.4, -0.2) is 51.7 Å². The van der Waals surface area contributed by atoms with Gasteiger partial charge in [0.2, 0.25) is 0 Å². The predicted molar refractivity (Wildman–Crippen MR) is 87.4 cm³/mol. The molecule has 4 aliphatic rings. The van der Waals surface area contributed by atoms with Crippen molar-refractivity contribution in [3.8, 4) is 11.5 Å². The normalized spacial score (nSPS) is 39.5. The second-order valence-corrected chi connectivity index (χ2v) is 7.81. The Balaban J connectivity index is 1.78. The van der Waals surface area contributed by atoms with Gasteiger partial charge in [-0.25, -0.2) is 0 Å². The van der Waals surface area contributed by atoms with Gasteiger partial charge in [0.05, 0.1) is 11.0 Å². The minimum Gasteiger partial charge on any atom is -0.504 e. The molecule has 1 spiro atoms. The number of carbonyl (C=O) groups is 1. The lowest BCUT2D eigenvalue weighted by atomic mass is 9.49. The van der Waals surface area contributed by atoms with E-state index in [1.807, 2.05) is 6.07 Å². The van der Waals surface area contributed by atoms with Crippen molar-refractivity contribution < 1.29 is 19.7 Å². The maximum atomic E-state index is 12.6. The largest absolute Gasteiger partial charge is 0.504 e. The van der Waals surface area contributed by atoms with E-state index in [0.717, 1.165) is 37.1 Å². The molecule has 2 aliphatic carbocycles. The van der Waals surface area contributed by atoms with Gasteiger partial charge in [0.25, 0.3) is 0 Å². The van der Waals surface area contributed by atoms with E-state index in [0.29, 0.717) is 25.0 Å². The molecule has 1 saturated carbocycles. The van der Waals surface area contributed by atoms with E-state index >= 15 is 0 Å². The first-order chi connectivity index (χ1) is 11.5. The molecule has 5 nitrogen and oxygen atoms in total. The highest BCUT2D eigenvalue weighted by molar-refractivity contribution is 5.90. The molecular weight excluding hydrogens is 306 g/mol. The lowest BCUT2D eigenvalue weighted by molar-refractivity contribution is -0.188. The number of piperidine rings is 1. The Bertz CT molecular complexity index is 747.